The van der Waals surface area contributed by atoms with Crippen LogP contribution in [-0.2, 0) is 16.0 Å². The fourth-order valence-electron chi connectivity index (χ4n) is 3.15. The van der Waals surface area contributed by atoms with E-state index in [0.29, 0.717) is 6.10 Å². The average molecular weight is 301 g/mol. The van der Waals surface area contributed by atoms with Gasteiger partial charge in [-0.15, -0.1) is 0 Å². The number of nitrogens with zero attached hydrogens (tertiary/aromatic N) is 1. The Kier molecular flexibility index (Phi) is 6.20. The molecule has 120 valence electrons. The molecule has 1 unspecified atom stereocenters. The zero-order valence-electron chi connectivity index (χ0n) is 13.8. The summed E-state index contributed by atoms with van der Waals surface area (Å²) >= 11 is 0. The molecule has 2 heterocycles. The molecule has 2 atom stereocenters. The van der Waals surface area contributed by atoms with E-state index in [1.807, 2.05) is 24.0 Å². The zero-order valence-corrected chi connectivity index (χ0v) is 13.8. The van der Waals surface area contributed by atoms with E-state index in [-0.39, 0.29) is 6.04 Å². The van der Waals surface area contributed by atoms with Crippen LogP contribution in [0.15, 0.2) is 36.4 Å². The maximum atomic E-state index is 11.0. The summed E-state index contributed by atoms with van der Waals surface area (Å²) in [5.74, 6) is 0. The van der Waals surface area contributed by atoms with Crippen molar-refractivity contribution in [3.05, 3.63) is 47.5 Å². The van der Waals surface area contributed by atoms with Gasteiger partial charge in [0.2, 0.25) is 6.41 Å². The summed E-state index contributed by atoms with van der Waals surface area (Å²) in [5, 5.41) is 0. The van der Waals surface area contributed by atoms with E-state index in [9.17, 15) is 4.79 Å². The van der Waals surface area contributed by atoms with Crippen LogP contribution < -0.4 is 0 Å². The highest BCUT2D eigenvalue weighted by atomic mass is 16.5. The van der Waals surface area contributed by atoms with Crippen LogP contribution >= 0.6 is 0 Å². The van der Waals surface area contributed by atoms with Crippen LogP contribution in [0.3, 0.4) is 0 Å². The van der Waals surface area contributed by atoms with Crippen LogP contribution in [-0.4, -0.2) is 30.6 Å². The average Bonchev–Trinajstić information content (AvgIpc) is 2.54. The van der Waals surface area contributed by atoms with Gasteiger partial charge >= 0.3 is 0 Å². The number of carbonyl (C=O) groups is 1. The van der Waals surface area contributed by atoms with E-state index in [2.05, 4.69) is 25.6 Å². The lowest BCUT2D eigenvalue weighted by Crippen LogP contribution is -2.34. The molecule has 1 aromatic carbocycles. The van der Waals surface area contributed by atoms with Crippen LogP contribution in [0, 0.1) is 0 Å². The SMILES string of the molecule is C=C(C)[C@H]1c2ccccc2CCN1C=O.CC1CCCCO1. The van der Waals surface area contributed by atoms with Gasteiger partial charge in [-0.05, 0) is 50.7 Å². The topological polar surface area (TPSA) is 29.5 Å². The van der Waals surface area contributed by atoms with E-state index in [1.54, 1.807) is 0 Å². The molecule has 1 aromatic rings. The number of ether oxygens (including phenoxy) is 1. The molecule has 3 heteroatoms. The van der Waals surface area contributed by atoms with E-state index >= 15 is 0 Å². The van der Waals surface area contributed by atoms with Crippen molar-refractivity contribution in [1.82, 2.24) is 4.90 Å². The quantitative estimate of drug-likeness (QED) is 0.612. The van der Waals surface area contributed by atoms with E-state index < -0.39 is 0 Å². The Bertz CT molecular complexity index is 506. The van der Waals surface area contributed by atoms with Crippen LogP contribution in [0.2, 0.25) is 0 Å². The van der Waals surface area contributed by atoms with Crippen molar-refractivity contribution < 1.29 is 9.53 Å². The van der Waals surface area contributed by atoms with Crippen molar-refractivity contribution in [2.75, 3.05) is 13.2 Å². The Labute approximate surface area is 134 Å². The number of fused-ring (bicyclic) bond motifs is 1. The molecule has 0 aromatic heterocycles. The molecule has 2 aliphatic heterocycles. The molecule has 2 aliphatic rings. The van der Waals surface area contributed by atoms with Gasteiger partial charge in [0.25, 0.3) is 0 Å². The van der Waals surface area contributed by atoms with E-state index in [0.717, 1.165) is 31.6 Å². The standard InChI is InChI=1S/C13H15NO.C6H12O/c1-10(2)13-12-6-4-3-5-11(12)7-8-14(13)9-15;1-6-4-2-3-5-7-6/h3-6,9,13H,1,7-8H2,2H3;6H,2-5H2,1H3/t13-;/m0./s1. The van der Waals surface area contributed by atoms with Gasteiger partial charge in [-0.25, -0.2) is 0 Å². The highest BCUT2D eigenvalue weighted by Gasteiger charge is 2.26. The van der Waals surface area contributed by atoms with Gasteiger partial charge in [0.15, 0.2) is 0 Å². The minimum absolute atomic E-state index is 0.0625. The number of carbonyl (C=O) groups excluding carboxylic acids is 1. The van der Waals surface area contributed by atoms with Gasteiger partial charge in [-0.3, -0.25) is 4.79 Å². The third-order valence-electron chi connectivity index (χ3n) is 4.33. The largest absolute Gasteiger partial charge is 0.379 e. The van der Waals surface area contributed by atoms with Crippen LogP contribution in [0.5, 0.6) is 0 Å². The Balaban J connectivity index is 0.000000211. The van der Waals surface area contributed by atoms with Crippen molar-refractivity contribution in [3.63, 3.8) is 0 Å². The van der Waals surface area contributed by atoms with Crippen LogP contribution in [0.1, 0.15) is 50.3 Å². The molecule has 1 amide bonds. The third kappa shape index (κ3) is 4.20. The summed E-state index contributed by atoms with van der Waals surface area (Å²) in [6, 6.07) is 8.35. The summed E-state index contributed by atoms with van der Waals surface area (Å²) in [5.41, 5.74) is 3.58. The smallest absolute Gasteiger partial charge is 0.210 e. The van der Waals surface area contributed by atoms with Crippen LogP contribution in [0.4, 0.5) is 0 Å². The van der Waals surface area contributed by atoms with Gasteiger partial charge in [0.1, 0.15) is 0 Å². The summed E-state index contributed by atoms with van der Waals surface area (Å²) in [4.78, 5) is 12.8. The van der Waals surface area contributed by atoms with E-state index in [4.69, 9.17) is 4.74 Å². The highest BCUT2D eigenvalue weighted by molar-refractivity contribution is 5.53. The molecule has 3 nitrogen and oxygen atoms in total. The van der Waals surface area contributed by atoms with Crippen molar-refractivity contribution in [2.24, 2.45) is 0 Å². The summed E-state index contributed by atoms with van der Waals surface area (Å²) in [6.07, 6.45) is 6.30. The zero-order chi connectivity index (χ0) is 15.9. The van der Waals surface area contributed by atoms with Crippen molar-refractivity contribution in [1.29, 1.82) is 0 Å². The van der Waals surface area contributed by atoms with Gasteiger partial charge in [-0.2, -0.15) is 0 Å². The molecular weight excluding hydrogens is 274 g/mol. The molecule has 3 rings (SSSR count). The molecule has 0 radical (unpaired) electrons. The number of hydrogen-bond donors (Lipinski definition) is 0. The first-order valence-corrected chi connectivity index (χ1v) is 8.19. The predicted molar refractivity (Wildman–Crippen MR) is 89.7 cm³/mol. The lowest BCUT2D eigenvalue weighted by molar-refractivity contribution is -0.120. The highest BCUT2D eigenvalue weighted by Crippen LogP contribution is 2.32. The normalized spacial score (nSPS) is 23.8. The Hall–Kier alpha value is -1.61. The summed E-state index contributed by atoms with van der Waals surface area (Å²) in [6.45, 7) is 9.87. The molecule has 0 saturated carbocycles. The molecule has 0 aliphatic carbocycles. The Morgan fingerprint density at radius 2 is 2.14 bits per heavy atom. The maximum Gasteiger partial charge on any atom is 0.210 e. The Morgan fingerprint density at radius 3 is 2.68 bits per heavy atom. The minimum Gasteiger partial charge on any atom is -0.379 e. The third-order valence-corrected chi connectivity index (χ3v) is 4.33. The van der Waals surface area contributed by atoms with Gasteiger partial charge < -0.3 is 9.64 Å². The second kappa shape index (κ2) is 8.14. The second-order valence-corrected chi connectivity index (χ2v) is 6.22. The van der Waals surface area contributed by atoms with Gasteiger partial charge in [0, 0.05) is 13.2 Å². The summed E-state index contributed by atoms with van der Waals surface area (Å²) in [7, 11) is 0. The van der Waals surface area contributed by atoms with E-state index in [1.165, 1.54) is 30.4 Å². The minimum atomic E-state index is 0.0625. The predicted octanol–water partition coefficient (Wildman–Crippen LogP) is 3.89. The monoisotopic (exact) mass is 301 g/mol. The fourth-order valence-corrected chi connectivity index (χ4v) is 3.15. The van der Waals surface area contributed by atoms with Crippen LogP contribution in [0.25, 0.3) is 0 Å². The first kappa shape index (κ1) is 16.8. The van der Waals surface area contributed by atoms with Gasteiger partial charge in [0.05, 0.1) is 12.1 Å². The number of rotatable bonds is 2. The van der Waals surface area contributed by atoms with Gasteiger partial charge in [-0.1, -0.05) is 36.4 Å². The lowest BCUT2D eigenvalue weighted by Gasteiger charge is -2.35. The molecule has 1 fully saturated rings. The fraction of sp³-hybridized carbons (Fsp3) is 0.526. The molecule has 0 N–H and O–H groups in total. The molecule has 0 spiro atoms. The molecule has 1 saturated heterocycles. The van der Waals surface area contributed by atoms with Crippen molar-refractivity contribution in [3.8, 4) is 0 Å². The summed E-state index contributed by atoms with van der Waals surface area (Å²) < 4.78 is 5.28. The first-order valence-electron chi connectivity index (χ1n) is 8.19. The number of benzene rings is 1. The second-order valence-electron chi connectivity index (χ2n) is 6.22. The van der Waals surface area contributed by atoms with Crippen molar-refractivity contribution in [2.45, 2.75) is 51.7 Å². The first-order chi connectivity index (χ1) is 10.6. The Morgan fingerprint density at radius 1 is 1.36 bits per heavy atom. The maximum absolute atomic E-state index is 11.0. The number of hydrogen-bond acceptors (Lipinski definition) is 2. The lowest BCUT2D eigenvalue weighted by atomic mass is 9.89. The van der Waals surface area contributed by atoms with Crippen molar-refractivity contribution >= 4 is 6.41 Å². The molecule has 0 bridgehead atoms. The number of amides is 1. The molecule has 22 heavy (non-hydrogen) atoms. The molecular formula is C19H27NO2.